The first-order valence-electron chi connectivity index (χ1n) is 4.27. The molecule has 3 nitrogen and oxygen atoms in total. The fraction of sp³-hybridized carbons (Fsp3) is 0.600. The van der Waals surface area contributed by atoms with Crippen LogP contribution in [0.25, 0.3) is 0 Å². The van der Waals surface area contributed by atoms with E-state index in [1.54, 1.807) is 0 Å². The van der Waals surface area contributed by atoms with Crippen molar-refractivity contribution in [3.8, 4) is 18.4 Å². The summed E-state index contributed by atoms with van der Waals surface area (Å²) in [5.74, 6) is 2.22. The zero-order valence-corrected chi connectivity index (χ0v) is 7.58. The van der Waals surface area contributed by atoms with Crippen molar-refractivity contribution in [1.82, 2.24) is 0 Å². The second kappa shape index (κ2) is 8.62. The van der Waals surface area contributed by atoms with E-state index in [9.17, 15) is 4.79 Å². The molecule has 0 atom stereocenters. The summed E-state index contributed by atoms with van der Waals surface area (Å²) in [6.07, 6.45) is 7.70. The number of nitrogens with zero attached hydrogens (tertiary/aromatic N) is 1. The minimum Gasteiger partial charge on any atom is -0.466 e. The highest BCUT2D eigenvalue weighted by Crippen LogP contribution is 1.97. The molecule has 0 amide bonds. The zero-order chi connectivity index (χ0) is 9.94. The Labute approximate surface area is 78.7 Å². The van der Waals surface area contributed by atoms with Crippen LogP contribution in [0, 0.1) is 23.7 Å². The Balaban J connectivity index is 3.22. The summed E-state index contributed by atoms with van der Waals surface area (Å²) in [5, 5.41) is 8.19. The highest BCUT2D eigenvalue weighted by atomic mass is 16.5. The van der Waals surface area contributed by atoms with Crippen LogP contribution in [0.1, 0.15) is 32.1 Å². The van der Waals surface area contributed by atoms with E-state index in [1.807, 2.05) is 6.07 Å². The summed E-state index contributed by atoms with van der Waals surface area (Å²) in [6, 6.07) is 1.98. The van der Waals surface area contributed by atoms with E-state index in [1.165, 1.54) is 0 Å². The maximum atomic E-state index is 10.9. The molecule has 0 saturated carbocycles. The highest BCUT2D eigenvalue weighted by molar-refractivity contribution is 5.69. The van der Waals surface area contributed by atoms with Crippen molar-refractivity contribution in [2.45, 2.75) is 32.1 Å². The van der Waals surface area contributed by atoms with E-state index in [2.05, 4.69) is 5.92 Å². The van der Waals surface area contributed by atoms with Gasteiger partial charge in [-0.2, -0.15) is 5.26 Å². The third kappa shape index (κ3) is 8.43. The van der Waals surface area contributed by atoms with Gasteiger partial charge in [0.05, 0.1) is 12.7 Å². The van der Waals surface area contributed by atoms with Gasteiger partial charge in [-0.3, -0.25) is 4.79 Å². The molecule has 3 heteroatoms. The summed E-state index contributed by atoms with van der Waals surface area (Å²) in [7, 11) is 0. The average Bonchev–Trinajstić information content (AvgIpc) is 2.13. The van der Waals surface area contributed by atoms with Gasteiger partial charge in [-0.15, -0.1) is 12.3 Å². The first-order valence-corrected chi connectivity index (χ1v) is 4.27. The molecule has 0 rings (SSSR count). The highest BCUT2D eigenvalue weighted by Gasteiger charge is 2.00. The van der Waals surface area contributed by atoms with Gasteiger partial charge < -0.3 is 4.74 Å². The second-order valence-electron chi connectivity index (χ2n) is 2.54. The van der Waals surface area contributed by atoms with Gasteiger partial charge in [0.2, 0.25) is 0 Å². The van der Waals surface area contributed by atoms with Crippen LogP contribution in [0.5, 0.6) is 0 Å². The van der Waals surface area contributed by atoms with Crippen molar-refractivity contribution in [3.63, 3.8) is 0 Å². The number of ether oxygens (including phenoxy) is 1. The van der Waals surface area contributed by atoms with Gasteiger partial charge >= 0.3 is 5.97 Å². The molecule has 0 aliphatic rings. The van der Waals surface area contributed by atoms with Gasteiger partial charge in [0, 0.05) is 19.3 Å². The van der Waals surface area contributed by atoms with E-state index < -0.39 is 0 Å². The van der Waals surface area contributed by atoms with Gasteiger partial charge in [-0.05, 0) is 12.8 Å². The van der Waals surface area contributed by atoms with E-state index in [0.29, 0.717) is 38.7 Å². The number of carbonyl (C=O) groups is 1. The monoisotopic (exact) mass is 179 g/mol. The molecule has 13 heavy (non-hydrogen) atoms. The molecule has 0 saturated heterocycles. The molecule has 0 aliphatic heterocycles. The Hall–Kier alpha value is -1.48. The van der Waals surface area contributed by atoms with E-state index >= 15 is 0 Å². The van der Waals surface area contributed by atoms with Gasteiger partial charge in [0.15, 0.2) is 0 Å². The lowest BCUT2D eigenvalue weighted by atomic mass is 10.2. The van der Waals surface area contributed by atoms with Crippen LogP contribution in [0.15, 0.2) is 0 Å². The number of hydrogen-bond donors (Lipinski definition) is 0. The van der Waals surface area contributed by atoms with Crippen molar-refractivity contribution < 1.29 is 9.53 Å². The molecular formula is C10H13NO2. The van der Waals surface area contributed by atoms with Crippen LogP contribution < -0.4 is 0 Å². The van der Waals surface area contributed by atoms with Gasteiger partial charge in [0.25, 0.3) is 0 Å². The number of carbonyl (C=O) groups excluding carboxylic acids is 1. The number of rotatable bonds is 6. The Morgan fingerprint density at radius 3 is 2.77 bits per heavy atom. The topological polar surface area (TPSA) is 50.1 Å². The van der Waals surface area contributed by atoms with Crippen molar-refractivity contribution in [2.24, 2.45) is 0 Å². The first kappa shape index (κ1) is 11.5. The van der Waals surface area contributed by atoms with Crippen LogP contribution in [-0.4, -0.2) is 12.6 Å². The molecule has 0 aliphatic carbocycles. The SMILES string of the molecule is C#CCCCC(=O)OCCCC#N. The molecule has 0 N–H and O–H groups in total. The third-order valence-corrected chi connectivity index (χ3v) is 1.40. The maximum absolute atomic E-state index is 10.9. The van der Waals surface area contributed by atoms with E-state index in [0.717, 1.165) is 0 Å². The molecule has 0 fully saturated rings. The molecule has 0 radical (unpaired) electrons. The van der Waals surface area contributed by atoms with Crippen molar-refractivity contribution in [3.05, 3.63) is 0 Å². The maximum Gasteiger partial charge on any atom is 0.305 e. The molecule has 0 bridgehead atoms. The predicted molar refractivity (Wildman–Crippen MR) is 48.5 cm³/mol. The summed E-state index contributed by atoms with van der Waals surface area (Å²) in [4.78, 5) is 10.9. The summed E-state index contributed by atoms with van der Waals surface area (Å²) in [5.41, 5.74) is 0. The Morgan fingerprint density at radius 1 is 1.38 bits per heavy atom. The fourth-order valence-corrected chi connectivity index (χ4v) is 0.744. The lowest BCUT2D eigenvalue weighted by Gasteiger charge is -2.01. The van der Waals surface area contributed by atoms with Crippen molar-refractivity contribution in [1.29, 1.82) is 5.26 Å². The van der Waals surface area contributed by atoms with E-state index in [4.69, 9.17) is 16.4 Å². The largest absolute Gasteiger partial charge is 0.466 e. The summed E-state index contributed by atoms with van der Waals surface area (Å²) >= 11 is 0. The van der Waals surface area contributed by atoms with Crippen LogP contribution in [0.4, 0.5) is 0 Å². The number of hydrogen-bond acceptors (Lipinski definition) is 3. The van der Waals surface area contributed by atoms with Crippen LogP contribution >= 0.6 is 0 Å². The Morgan fingerprint density at radius 2 is 2.15 bits per heavy atom. The average molecular weight is 179 g/mol. The number of esters is 1. The fourth-order valence-electron chi connectivity index (χ4n) is 0.744. The summed E-state index contributed by atoms with van der Waals surface area (Å²) < 4.78 is 4.83. The quantitative estimate of drug-likeness (QED) is 0.354. The predicted octanol–water partition coefficient (Wildman–Crippen LogP) is 1.64. The second-order valence-corrected chi connectivity index (χ2v) is 2.54. The lowest BCUT2D eigenvalue weighted by Crippen LogP contribution is -2.05. The molecule has 70 valence electrons. The molecule has 0 heterocycles. The molecular weight excluding hydrogens is 166 g/mol. The number of terminal acetylenes is 1. The van der Waals surface area contributed by atoms with Crippen molar-refractivity contribution >= 4 is 5.97 Å². The van der Waals surface area contributed by atoms with E-state index in [-0.39, 0.29) is 5.97 Å². The molecule has 0 unspecified atom stereocenters. The van der Waals surface area contributed by atoms with Gasteiger partial charge in [-0.1, -0.05) is 0 Å². The Bertz CT molecular complexity index is 222. The first-order chi connectivity index (χ1) is 6.31. The zero-order valence-electron chi connectivity index (χ0n) is 7.58. The number of nitriles is 1. The molecule has 0 aromatic heterocycles. The van der Waals surface area contributed by atoms with Crippen LogP contribution in [0.3, 0.4) is 0 Å². The number of unbranched alkanes of at least 4 members (excludes halogenated alkanes) is 2. The molecule has 0 spiro atoms. The lowest BCUT2D eigenvalue weighted by molar-refractivity contribution is -0.143. The Kier molecular flexibility index (Phi) is 7.63. The van der Waals surface area contributed by atoms with Gasteiger partial charge in [-0.25, -0.2) is 0 Å². The molecule has 0 aromatic rings. The summed E-state index contributed by atoms with van der Waals surface area (Å²) in [6.45, 7) is 0.336. The van der Waals surface area contributed by atoms with Crippen LogP contribution in [-0.2, 0) is 9.53 Å². The third-order valence-electron chi connectivity index (χ3n) is 1.40. The van der Waals surface area contributed by atoms with Crippen LogP contribution in [0.2, 0.25) is 0 Å². The van der Waals surface area contributed by atoms with Crippen molar-refractivity contribution in [2.75, 3.05) is 6.61 Å². The molecule has 0 aromatic carbocycles. The minimum atomic E-state index is -0.229. The normalized spacial score (nSPS) is 8.46. The standard InChI is InChI=1S/C10H13NO2/c1-2-3-4-7-10(12)13-9-6-5-8-11/h1H,3-7,9H2. The smallest absolute Gasteiger partial charge is 0.305 e. The minimum absolute atomic E-state index is 0.229. The van der Waals surface area contributed by atoms with Gasteiger partial charge in [0.1, 0.15) is 0 Å².